The van der Waals surface area contributed by atoms with Crippen molar-refractivity contribution in [3.8, 4) is 5.75 Å². The van der Waals surface area contributed by atoms with Gasteiger partial charge >= 0.3 is 0 Å². The second-order valence-electron chi connectivity index (χ2n) is 9.51. The van der Waals surface area contributed by atoms with E-state index in [2.05, 4.69) is 20.5 Å². The predicted molar refractivity (Wildman–Crippen MR) is 135 cm³/mol. The topological polar surface area (TPSA) is 104 Å². The van der Waals surface area contributed by atoms with Crippen LogP contribution in [0.2, 0.25) is 10.0 Å². The molecule has 2 saturated heterocycles. The van der Waals surface area contributed by atoms with Gasteiger partial charge < -0.3 is 25.4 Å². The number of pyridine rings is 1. The highest BCUT2D eigenvalue weighted by molar-refractivity contribution is 6.35. The molecular formula is C25H30Cl2N4O4. The second-order valence-corrected chi connectivity index (χ2v) is 10.3. The Morgan fingerprint density at radius 2 is 1.89 bits per heavy atom. The van der Waals surface area contributed by atoms with Gasteiger partial charge in [-0.1, -0.05) is 23.2 Å². The first kappa shape index (κ1) is 25.5. The summed E-state index contributed by atoms with van der Waals surface area (Å²) >= 11 is 12.2. The van der Waals surface area contributed by atoms with Crippen LogP contribution in [-0.4, -0.2) is 58.8 Å². The number of carbonyl (C=O) groups excluding carboxylic acids is 2. The van der Waals surface area contributed by atoms with Gasteiger partial charge in [0, 0.05) is 35.9 Å². The molecule has 1 aromatic carbocycles. The van der Waals surface area contributed by atoms with Crippen LogP contribution < -0.4 is 20.3 Å². The minimum atomic E-state index is -1.11. The lowest BCUT2D eigenvalue weighted by molar-refractivity contribution is -0.135. The normalized spacial score (nSPS) is 21.5. The van der Waals surface area contributed by atoms with E-state index in [1.807, 2.05) is 6.07 Å². The molecule has 0 spiro atoms. The summed E-state index contributed by atoms with van der Waals surface area (Å²) in [4.78, 5) is 32.0. The van der Waals surface area contributed by atoms with Crippen LogP contribution in [0.5, 0.6) is 5.75 Å². The summed E-state index contributed by atoms with van der Waals surface area (Å²) in [6, 6.07) is 9.09. The van der Waals surface area contributed by atoms with Crippen molar-refractivity contribution >= 4 is 40.8 Å². The van der Waals surface area contributed by atoms with Crippen molar-refractivity contribution < 1.29 is 19.4 Å². The first-order valence-corrected chi connectivity index (χ1v) is 12.5. The number of hydrogen-bond acceptors (Lipinski definition) is 6. The van der Waals surface area contributed by atoms with Gasteiger partial charge in [-0.05, 0) is 69.9 Å². The third-order valence-electron chi connectivity index (χ3n) is 6.55. The van der Waals surface area contributed by atoms with Gasteiger partial charge in [0.2, 0.25) is 0 Å². The maximum atomic E-state index is 13.1. The van der Waals surface area contributed by atoms with E-state index in [0.29, 0.717) is 21.4 Å². The van der Waals surface area contributed by atoms with Gasteiger partial charge in [-0.2, -0.15) is 0 Å². The largest absolute Gasteiger partial charge is 0.476 e. The molecule has 2 aromatic rings. The quantitative estimate of drug-likeness (QED) is 0.491. The van der Waals surface area contributed by atoms with Crippen LogP contribution in [0.1, 0.15) is 49.9 Å². The molecular weight excluding hydrogens is 491 g/mol. The summed E-state index contributed by atoms with van der Waals surface area (Å²) in [5, 5.41) is 15.5. The molecule has 0 aliphatic carbocycles. The molecule has 0 saturated carbocycles. The van der Waals surface area contributed by atoms with Crippen molar-refractivity contribution in [2.24, 2.45) is 0 Å². The molecule has 4 rings (SSSR count). The Labute approximate surface area is 215 Å². The van der Waals surface area contributed by atoms with E-state index < -0.39 is 5.60 Å². The molecule has 1 aromatic heterocycles. The van der Waals surface area contributed by atoms with Crippen LogP contribution in [0.3, 0.4) is 0 Å². The van der Waals surface area contributed by atoms with E-state index in [-0.39, 0.29) is 43.1 Å². The van der Waals surface area contributed by atoms with Gasteiger partial charge in [0.15, 0.2) is 5.60 Å². The monoisotopic (exact) mass is 520 g/mol. The molecule has 2 fully saturated rings. The maximum Gasteiger partial charge on any atom is 0.263 e. The number of halogens is 2. The van der Waals surface area contributed by atoms with Gasteiger partial charge in [-0.25, -0.2) is 4.98 Å². The zero-order valence-electron chi connectivity index (χ0n) is 19.8. The van der Waals surface area contributed by atoms with Crippen LogP contribution in [0.4, 0.5) is 5.82 Å². The smallest absolute Gasteiger partial charge is 0.263 e. The number of aliphatic hydroxyl groups is 1. The molecule has 2 amide bonds. The van der Waals surface area contributed by atoms with Crippen LogP contribution in [0.15, 0.2) is 36.5 Å². The van der Waals surface area contributed by atoms with Crippen LogP contribution in [-0.2, 0) is 4.79 Å². The molecule has 2 aliphatic heterocycles. The Balaban J connectivity index is 1.37. The molecule has 2 aliphatic rings. The highest BCUT2D eigenvalue weighted by Gasteiger charge is 2.43. The zero-order chi connectivity index (χ0) is 25.2. The van der Waals surface area contributed by atoms with Crippen molar-refractivity contribution in [2.45, 2.75) is 63.3 Å². The van der Waals surface area contributed by atoms with E-state index in [9.17, 15) is 9.59 Å². The number of aliphatic hydroxyl groups excluding tert-OH is 1. The summed E-state index contributed by atoms with van der Waals surface area (Å²) in [6.07, 6.45) is 5.23. The van der Waals surface area contributed by atoms with Crippen LogP contribution in [0.25, 0.3) is 0 Å². The number of nitrogens with one attached hydrogen (secondary N) is 2. The first-order valence-electron chi connectivity index (χ1n) is 11.8. The molecule has 3 atom stereocenters. The first-order chi connectivity index (χ1) is 16.7. The molecule has 3 N–H and O–H groups in total. The average Bonchev–Trinajstić information content (AvgIpc) is 3.09. The van der Waals surface area contributed by atoms with Crippen molar-refractivity contribution in [1.82, 2.24) is 15.6 Å². The number of aromatic nitrogens is 1. The number of piperidine rings is 1. The maximum absolute atomic E-state index is 13.1. The SMILES string of the molecule is CC(C)(Oc1ccc(Cl)cc1Cl)C(=O)NC1C[C@H]2CC[C@@H](C1)N2c1ccc(C(=O)NCCO)cn1. The van der Waals surface area contributed by atoms with Gasteiger partial charge in [-0.3, -0.25) is 9.59 Å². The highest BCUT2D eigenvalue weighted by atomic mass is 35.5. The van der Waals surface area contributed by atoms with Crippen LogP contribution in [0, 0.1) is 0 Å². The third kappa shape index (κ3) is 5.82. The fourth-order valence-corrected chi connectivity index (χ4v) is 5.30. The Hall–Kier alpha value is -2.55. The minimum absolute atomic E-state index is 0.0309. The lowest BCUT2D eigenvalue weighted by atomic mass is 9.96. The molecule has 8 nitrogen and oxygen atoms in total. The Morgan fingerprint density at radius 1 is 1.17 bits per heavy atom. The van der Waals surface area contributed by atoms with Crippen molar-refractivity contribution in [3.63, 3.8) is 0 Å². The number of carbonyl (C=O) groups is 2. The Morgan fingerprint density at radius 3 is 2.49 bits per heavy atom. The summed E-state index contributed by atoms with van der Waals surface area (Å²) in [5.41, 5.74) is -0.651. The number of fused-ring (bicyclic) bond motifs is 2. The third-order valence-corrected chi connectivity index (χ3v) is 7.08. The highest BCUT2D eigenvalue weighted by Crippen LogP contribution is 2.39. The lowest BCUT2D eigenvalue weighted by Gasteiger charge is -2.40. The molecule has 2 bridgehead atoms. The predicted octanol–water partition coefficient (Wildman–Crippen LogP) is 3.58. The number of nitrogens with zero attached hydrogens (tertiary/aromatic N) is 2. The zero-order valence-corrected chi connectivity index (χ0v) is 21.3. The number of amides is 2. The van der Waals surface area contributed by atoms with Gasteiger partial charge in [0.05, 0.1) is 17.2 Å². The number of anilines is 1. The summed E-state index contributed by atoms with van der Waals surface area (Å²) in [5.74, 6) is 0.789. The van der Waals surface area contributed by atoms with Crippen molar-refractivity contribution in [3.05, 3.63) is 52.1 Å². The number of benzene rings is 1. The average molecular weight is 521 g/mol. The van der Waals surface area contributed by atoms with E-state index in [1.165, 1.54) is 0 Å². The summed E-state index contributed by atoms with van der Waals surface area (Å²) in [7, 11) is 0. The lowest BCUT2D eigenvalue weighted by Crippen LogP contribution is -2.55. The molecule has 3 heterocycles. The van der Waals surface area contributed by atoms with E-state index >= 15 is 0 Å². The van der Waals surface area contributed by atoms with Crippen LogP contribution >= 0.6 is 23.2 Å². The van der Waals surface area contributed by atoms with E-state index in [1.54, 1.807) is 44.3 Å². The number of ether oxygens (including phenoxy) is 1. The van der Waals surface area contributed by atoms with Gasteiger partial charge in [-0.15, -0.1) is 0 Å². The second kappa shape index (κ2) is 10.6. The Kier molecular flexibility index (Phi) is 7.73. The van der Waals surface area contributed by atoms with Gasteiger partial charge in [0.25, 0.3) is 11.8 Å². The Bertz CT molecular complexity index is 1070. The molecule has 35 heavy (non-hydrogen) atoms. The number of hydrogen-bond donors (Lipinski definition) is 3. The van der Waals surface area contributed by atoms with E-state index in [4.69, 9.17) is 33.0 Å². The summed E-state index contributed by atoms with van der Waals surface area (Å²) < 4.78 is 5.94. The van der Waals surface area contributed by atoms with Crippen molar-refractivity contribution in [2.75, 3.05) is 18.1 Å². The fourth-order valence-electron chi connectivity index (χ4n) is 4.85. The standard InChI is InChI=1S/C25H30Cl2N4O4/c1-25(2,35-21-7-4-16(26)11-20(21)27)24(34)30-17-12-18-5-6-19(13-17)31(18)22-8-3-15(14-29-22)23(33)28-9-10-32/h3-4,7-8,11,14,17-19,32H,5-6,9-10,12-13H2,1-2H3,(H,28,33)(H,30,34)/t17?,18-,19+. The fraction of sp³-hybridized carbons (Fsp3) is 0.480. The van der Waals surface area contributed by atoms with Crippen molar-refractivity contribution in [1.29, 1.82) is 0 Å². The van der Waals surface area contributed by atoms with E-state index in [0.717, 1.165) is 31.5 Å². The summed E-state index contributed by atoms with van der Waals surface area (Å²) in [6.45, 7) is 3.54. The number of rotatable bonds is 8. The molecule has 10 heteroatoms. The van der Waals surface area contributed by atoms with Gasteiger partial charge in [0.1, 0.15) is 11.6 Å². The molecule has 0 radical (unpaired) electrons. The molecule has 188 valence electrons. The minimum Gasteiger partial charge on any atom is -0.476 e. The molecule has 1 unspecified atom stereocenters.